The lowest BCUT2D eigenvalue weighted by atomic mass is 10.1. The molecule has 1 aromatic heterocycles. The van der Waals surface area contributed by atoms with E-state index >= 15 is 0 Å². The zero-order valence-electron chi connectivity index (χ0n) is 13.2. The number of aryl methyl sites for hydroxylation is 3. The molecule has 0 amide bonds. The number of hydrogen-bond donors (Lipinski definition) is 1. The van der Waals surface area contributed by atoms with Crippen LogP contribution in [0.3, 0.4) is 0 Å². The zero-order valence-corrected chi connectivity index (χ0v) is 14.8. The van der Waals surface area contributed by atoms with Crippen molar-refractivity contribution < 1.29 is 13.2 Å². The fourth-order valence-corrected chi connectivity index (χ4v) is 4.32. The van der Waals surface area contributed by atoms with E-state index in [9.17, 15) is 8.42 Å². The van der Waals surface area contributed by atoms with Crippen LogP contribution in [0, 0.1) is 20.8 Å². The highest BCUT2D eigenvalue weighted by Crippen LogP contribution is 2.22. The largest absolute Gasteiger partial charge is 0.375 e. The summed E-state index contributed by atoms with van der Waals surface area (Å²) >= 11 is 1.56. The van der Waals surface area contributed by atoms with Gasteiger partial charge in [0.2, 0.25) is 10.0 Å². The van der Waals surface area contributed by atoms with Crippen LogP contribution in [0.5, 0.6) is 0 Å². The molecule has 0 aliphatic carbocycles. The van der Waals surface area contributed by atoms with Crippen molar-refractivity contribution in [1.29, 1.82) is 0 Å². The number of ether oxygens (including phenoxy) is 1. The van der Waals surface area contributed by atoms with E-state index in [4.69, 9.17) is 4.74 Å². The van der Waals surface area contributed by atoms with Gasteiger partial charge in [-0.15, -0.1) is 0 Å². The number of hydrogen-bond acceptors (Lipinski definition) is 4. The van der Waals surface area contributed by atoms with E-state index in [1.54, 1.807) is 24.5 Å². The first-order chi connectivity index (χ1) is 10.3. The summed E-state index contributed by atoms with van der Waals surface area (Å²) in [6.45, 7) is 5.91. The van der Waals surface area contributed by atoms with E-state index in [1.165, 1.54) is 0 Å². The maximum atomic E-state index is 12.5. The van der Waals surface area contributed by atoms with Crippen LogP contribution in [0.2, 0.25) is 0 Å². The van der Waals surface area contributed by atoms with E-state index in [0.29, 0.717) is 4.90 Å². The third-order valence-electron chi connectivity index (χ3n) is 3.74. The van der Waals surface area contributed by atoms with Gasteiger partial charge in [0.25, 0.3) is 0 Å². The molecule has 0 saturated heterocycles. The van der Waals surface area contributed by atoms with Crippen molar-refractivity contribution in [3.8, 4) is 0 Å². The molecule has 6 heteroatoms. The monoisotopic (exact) mass is 339 g/mol. The van der Waals surface area contributed by atoms with E-state index in [1.807, 2.05) is 43.7 Å². The van der Waals surface area contributed by atoms with Crippen LogP contribution in [0.25, 0.3) is 0 Å². The van der Waals surface area contributed by atoms with Crippen LogP contribution < -0.4 is 4.72 Å². The highest BCUT2D eigenvalue weighted by atomic mass is 32.2. The molecule has 0 bridgehead atoms. The minimum Gasteiger partial charge on any atom is -0.375 e. The van der Waals surface area contributed by atoms with Crippen LogP contribution >= 0.6 is 11.3 Å². The summed E-state index contributed by atoms with van der Waals surface area (Å²) in [6, 6.07) is 5.56. The molecule has 1 N–H and O–H groups in total. The highest BCUT2D eigenvalue weighted by molar-refractivity contribution is 7.89. The average molecular weight is 339 g/mol. The van der Waals surface area contributed by atoms with E-state index in [2.05, 4.69) is 4.72 Å². The Balaban J connectivity index is 2.19. The number of methoxy groups -OCH3 is 1. The standard InChI is InChI=1S/C16H21NO3S2/c1-11-7-13(3)16(8-12(11)2)22(18,19)17-9-15(20-4)14-5-6-21-10-14/h5-8,10,15,17H,9H2,1-4H3. The summed E-state index contributed by atoms with van der Waals surface area (Å²) in [6.07, 6.45) is -0.284. The van der Waals surface area contributed by atoms with Crippen molar-refractivity contribution in [3.63, 3.8) is 0 Å². The molecule has 0 aliphatic rings. The number of rotatable bonds is 6. The molecular formula is C16H21NO3S2. The van der Waals surface area contributed by atoms with Crippen LogP contribution in [0.15, 0.2) is 33.9 Å². The van der Waals surface area contributed by atoms with Gasteiger partial charge < -0.3 is 4.74 Å². The molecule has 120 valence electrons. The SMILES string of the molecule is COC(CNS(=O)(=O)c1cc(C)c(C)cc1C)c1ccsc1. The molecule has 2 aromatic rings. The summed E-state index contributed by atoms with van der Waals surface area (Å²) in [4.78, 5) is 0.329. The molecule has 1 heterocycles. The van der Waals surface area contributed by atoms with E-state index < -0.39 is 10.0 Å². The van der Waals surface area contributed by atoms with Crippen LogP contribution in [0.1, 0.15) is 28.4 Å². The van der Waals surface area contributed by atoms with Crippen molar-refractivity contribution >= 4 is 21.4 Å². The van der Waals surface area contributed by atoms with Crippen molar-refractivity contribution in [2.45, 2.75) is 31.8 Å². The first kappa shape index (κ1) is 17.1. The molecule has 0 fully saturated rings. The van der Waals surface area contributed by atoms with Crippen molar-refractivity contribution in [3.05, 3.63) is 51.2 Å². The van der Waals surface area contributed by atoms with Crippen LogP contribution in [-0.4, -0.2) is 22.1 Å². The Labute approximate surface area is 136 Å². The second-order valence-electron chi connectivity index (χ2n) is 5.33. The first-order valence-corrected chi connectivity index (χ1v) is 9.40. The van der Waals surface area contributed by atoms with Gasteiger partial charge >= 0.3 is 0 Å². The molecular weight excluding hydrogens is 318 g/mol. The lowest BCUT2D eigenvalue weighted by Gasteiger charge is -2.16. The normalized spacial score (nSPS) is 13.3. The number of sulfonamides is 1. The van der Waals surface area contributed by atoms with Gasteiger partial charge in [-0.3, -0.25) is 0 Å². The van der Waals surface area contributed by atoms with E-state index in [-0.39, 0.29) is 12.6 Å². The summed E-state index contributed by atoms with van der Waals surface area (Å²) in [7, 11) is -1.97. The van der Waals surface area contributed by atoms with Crippen LogP contribution in [-0.2, 0) is 14.8 Å². The fraction of sp³-hybridized carbons (Fsp3) is 0.375. The van der Waals surface area contributed by atoms with Crippen molar-refractivity contribution in [2.75, 3.05) is 13.7 Å². The second kappa shape index (κ2) is 6.91. The maximum absolute atomic E-state index is 12.5. The topological polar surface area (TPSA) is 55.4 Å². The first-order valence-electron chi connectivity index (χ1n) is 6.97. The highest BCUT2D eigenvalue weighted by Gasteiger charge is 2.20. The summed E-state index contributed by atoms with van der Waals surface area (Å²) in [5.74, 6) is 0. The lowest BCUT2D eigenvalue weighted by molar-refractivity contribution is 0.107. The van der Waals surface area contributed by atoms with Gasteiger partial charge in [0.05, 0.1) is 11.0 Å². The van der Waals surface area contributed by atoms with E-state index in [0.717, 1.165) is 22.3 Å². The van der Waals surface area contributed by atoms with Gasteiger partial charge in [0.1, 0.15) is 0 Å². The minimum atomic E-state index is -3.55. The number of benzene rings is 1. The number of nitrogens with one attached hydrogen (secondary N) is 1. The summed E-state index contributed by atoms with van der Waals surface area (Å²) < 4.78 is 33.1. The molecule has 1 aromatic carbocycles. The van der Waals surface area contributed by atoms with Gasteiger partial charge in [-0.2, -0.15) is 11.3 Å². The Hall–Kier alpha value is -1.21. The minimum absolute atomic E-state index is 0.210. The Bertz CT molecular complexity index is 737. The molecule has 1 atom stereocenters. The molecule has 0 saturated carbocycles. The summed E-state index contributed by atoms with van der Waals surface area (Å²) in [5.41, 5.74) is 3.78. The quantitative estimate of drug-likeness (QED) is 0.878. The third-order valence-corrected chi connectivity index (χ3v) is 6.01. The van der Waals surface area contributed by atoms with Gasteiger partial charge in [0, 0.05) is 13.7 Å². The fourth-order valence-electron chi connectivity index (χ4n) is 2.28. The molecule has 22 heavy (non-hydrogen) atoms. The molecule has 0 radical (unpaired) electrons. The van der Waals surface area contributed by atoms with Gasteiger partial charge in [-0.1, -0.05) is 6.07 Å². The number of thiophene rings is 1. The lowest BCUT2D eigenvalue weighted by Crippen LogP contribution is -2.29. The van der Waals surface area contributed by atoms with Crippen molar-refractivity contribution in [1.82, 2.24) is 4.72 Å². The second-order valence-corrected chi connectivity index (χ2v) is 7.85. The summed E-state index contributed by atoms with van der Waals surface area (Å²) in [5, 5.41) is 3.91. The van der Waals surface area contributed by atoms with Gasteiger partial charge in [-0.05, 0) is 65.9 Å². The molecule has 2 rings (SSSR count). The Morgan fingerprint density at radius 1 is 1.18 bits per heavy atom. The predicted molar refractivity (Wildman–Crippen MR) is 89.9 cm³/mol. The molecule has 0 aliphatic heterocycles. The van der Waals surface area contributed by atoms with Crippen LogP contribution in [0.4, 0.5) is 0 Å². The predicted octanol–water partition coefficient (Wildman–Crippen LogP) is 3.34. The molecule has 0 spiro atoms. The maximum Gasteiger partial charge on any atom is 0.240 e. The zero-order chi connectivity index (χ0) is 16.3. The molecule has 4 nitrogen and oxygen atoms in total. The molecule has 1 unspecified atom stereocenters. The third kappa shape index (κ3) is 3.76. The van der Waals surface area contributed by atoms with Gasteiger partial charge in [0.15, 0.2) is 0 Å². The smallest absolute Gasteiger partial charge is 0.240 e. The Morgan fingerprint density at radius 3 is 2.45 bits per heavy atom. The van der Waals surface area contributed by atoms with Gasteiger partial charge in [-0.25, -0.2) is 13.1 Å². The average Bonchev–Trinajstić information content (AvgIpc) is 2.97. The Kier molecular flexibility index (Phi) is 5.39. The van der Waals surface area contributed by atoms with Crippen molar-refractivity contribution in [2.24, 2.45) is 0 Å². The Morgan fingerprint density at radius 2 is 1.86 bits per heavy atom.